The Morgan fingerprint density at radius 2 is 0.806 bits per heavy atom. The first-order valence-corrected chi connectivity index (χ1v) is 14.8. The molecule has 0 aliphatic heterocycles. The summed E-state index contributed by atoms with van der Waals surface area (Å²) in [5.74, 6) is -1.82. The quantitative estimate of drug-likeness (QED) is 0.103. The topological polar surface area (TPSA) is 52.6 Å². The third kappa shape index (κ3) is 16.8. The summed E-state index contributed by atoms with van der Waals surface area (Å²) in [5, 5.41) is 0. The van der Waals surface area contributed by atoms with Crippen molar-refractivity contribution in [1.29, 1.82) is 0 Å². The second kappa shape index (κ2) is 23.6. The highest BCUT2D eigenvalue weighted by Gasteiger charge is 2.18. The van der Waals surface area contributed by atoms with Crippen molar-refractivity contribution < 1.29 is 24.5 Å². The molecule has 36 heavy (non-hydrogen) atoms. The van der Waals surface area contributed by atoms with Crippen LogP contribution in [0.1, 0.15) is 168 Å². The molecular weight excluding hydrogens is 448 g/mol. The number of benzene rings is 1. The molecule has 0 heterocycles. The van der Waals surface area contributed by atoms with Crippen LogP contribution in [0.3, 0.4) is 0 Å². The summed E-state index contributed by atoms with van der Waals surface area (Å²) in [6, 6.07) is -2.27. The van der Waals surface area contributed by atoms with E-state index in [4.69, 9.17) is 15.0 Å². The molecule has 1 aromatic carbocycles. The lowest BCUT2D eigenvalue weighted by molar-refractivity contribution is 0.0450. The molecular formula is C32H54O4. The van der Waals surface area contributed by atoms with E-state index in [1.165, 1.54) is 77.0 Å². The minimum absolute atomic E-state index is 0.144. The average Bonchev–Trinajstić information content (AvgIpc) is 2.95. The Kier molecular flexibility index (Phi) is 16.9. The molecule has 0 aromatic heterocycles. The molecule has 0 fully saturated rings. The van der Waals surface area contributed by atoms with Crippen LogP contribution in [-0.2, 0) is 9.47 Å². The third-order valence-electron chi connectivity index (χ3n) is 6.56. The molecule has 4 nitrogen and oxygen atoms in total. The van der Waals surface area contributed by atoms with Gasteiger partial charge in [-0.25, -0.2) is 9.59 Å². The largest absolute Gasteiger partial charge is 0.462 e. The molecule has 4 heteroatoms. The molecule has 0 radical (unpaired) electrons. The number of hydrogen-bond acceptors (Lipinski definition) is 4. The van der Waals surface area contributed by atoms with Gasteiger partial charge in [0.2, 0.25) is 0 Å². The van der Waals surface area contributed by atoms with E-state index in [9.17, 15) is 9.59 Å². The Balaban J connectivity index is 2.49. The lowest BCUT2D eigenvalue weighted by atomic mass is 10.1. The number of rotatable bonds is 24. The molecule has 0 aliphatic rings. The summed E-state index contributed by atoms with van der Waals surface area (Å²) in [6.45, 7) is 4.72. The summed E-state index contributed by atoms with van der Waals surface area (Å²) in [4.78, 5) is 25.7. The number of unbranched alkanes of at least 4 members (excludes halogenated alkanes) is 18. The van der Waals surface area contributed by atoms with Gasteiger partial charge in [-0.2, -0.15) is 0 Å². The van der Waals surface area contributed by atoms with Crippen LogP contribution in [0.25, 0.3) is 0 Å². The number of esters is 2. The van der Waals surface area contributed by atoms with Gasteiger partial charge in [-0.15, -0.1) is 0 Å². The Hall–Kier alpha value is -1.84. The van der Waals surface area contributed by atoms with Crippen molar-refractivity contribution in [3.63, 3.8) is 0 Å². The predicted octanol–water partition coefficient (Wildman–Crippen LogP) is 9.84. The fourth-order valence-electron chi connectivity index (χ4n) is 4.27. The van der Waals surface area contributed by atoms with Gasteiger partial charge in [0.15, 0.2) is 0 Å². The summed E-state index contributed by atoms with van der Waals surface area (Å²) >= 11 is 0. The van der Waals surface area contributed by atoms with Gasteiger partial charge < -0.3 is 9.47 Å². The molecule has 0 saturated heterocycles. The van der Waals surface area contributed by atoms with E-state index in [-0.39, 0.29) is 13.2 Å². The zero-order chi connectivity index (χ0) is 29.6. The fraction of sp³-hybridized carbons (Fsp3) is 0.750. The summed E-state index contributed by atoms with van der Waals surface area (Å²) in [7, 11) is 0. The van der Waals surface area contributed by atoms with E-state index in [0.717, 1.165) is 38.5 Å². The van der Waals surface area contributed by atoms with Gasteiger partial charge >= 0.3 is 11.9 Å². The Bertz CT molecular complexity index is 791. The highest BCUT2D eigenvalue weighted by Crippen LogP contribution is 2.15. The molecule has 0 N–H and O–H groups in total. The van der Waals surface area contributed by atoms with Crippen molar-refractivity contribution in [2.45, 2.75) is 142 Å². The number of ether oxygens (including phenoxy) is 2. The van der Waals surface area contributed by atoms with Crippen LogP contribution in [0.2, 0.25) is 0 Å². The van der Waals surface area contributed by atoms with E-state index in [0.29, 0.717) is 12.8 Å². The second-order valence-electron chi connectivity index (χ2n) is 9.89. The van der Waals surface area contributed by atoms with Gasteiger partial charge in [-0.1, -0.05) is 142 Å². The van der Waals surface area contributed by atoms with Crippen molar-refractivity contribution in [1.82, 2.24) is 0 Å². The van der Waals surface area contributed by atoms with Gasteiger partial charge in [0.05, 0.1) is 29.8 Å². The maximum absolute atomic E-state index is 12.8. The predicted molar refractivity (Wildman–Crippen MR) is 151 cm³/mol. The van der Waals surface area contributed by atoms with E-state index in [1.807, 2.05) is 0 Å². The van der Waals surface area contributed by atoms with E-state index in [2.05, 4.69) is 13.8 Å². The zero-order valence-corrected chi connectivity index (χ0v) is 23.2. The molecule has 206 valence electrons. The number of hydrogen-bond donors (Lipinski definition) is 0. The first kappa shape index (κ1) is 25.8. The van der Waals surface area contributed by atoms with Crippen LogP contribution >= 0.6 is 0 Å². The van der Waals surface area contributed by atoms with Gasteiger partial charge in [-0.3, -0.25) is 0 Å². The van der Waals surface area contributed by atoms with Crippen LogP contribution < -0.4 is 0 Å². The minimum Gasteiger partial charge on any atom is -0.462 e. The highest BCUT2D eigenvalue weighted by molar-refractivity contribution is 6.03. The van der Waals surface area contributed by atoms with Crippen molar-refractivity contribution in [3.8, 4) is 0 Å². The van der Waals surface area contributed by atoms with Gasteiger partial charge in [0.1, 0.15) is 0 Å². The van der Waals surface area contributed by atoms with Gasteiger partial charge in [0.25, 0.3) is 0 Å². The van der Waals surface area contributed by atoms with Crippen molar-refractivity contribution in [3.05, 3.63) is 35.3 Å². The first-order valence-electron chi connectivity index (χ1n) is 16.8. The third-order valence-corrected chi connectivity index (χ3v) is 6.56. The average molecular weight is 507 g/mol. The lowest BCUT2D eigenvalue weighted by Gasteiger charge is -2.10. The molecule has 0 unspecified atom stereocenters. The SMILES string of the molecule is [2H]c1c([2H])c([2H])c(C(=O)OCCCCCCCCCCCC)c(C(=O)OCCCCCCCCCCCC)c1[2H]. The highest BCUT2D eigenvalue weighted by atomic mass is 16.5. The number of carbonyl (C=O) groups is 2. The maximum Gasteiger partial charge on any atom is 0.339 e. The summed E-state index contributed by atoms with van der Waals surface area (Å²) < 4.78 is 43.0. The van der Waals surface area contributed by atoms with Crippen molar-refractivity contribution >= 4 is 11.9 Å². The fourth-order valence-corrected chi connectivity index (χ4v) is 4.27. The standard InChI is InChI=1S/C32H54O4/c1-3-5-7-9-11-13-15-17-19-23-27-35-31(33)29-25-21-22-26-30(29)32(34)36-28-24-20-18-16-14-12-10-8-6-4-2/h21-22,25-26H,3-20,23-24,27-28H2,1-2H3/i21D,22D,25D,26D. The van der Waals surface area contributed by atoms with Crippen LogP contribution in [0.5, 0.6) is 0 Å². The Morgan fingerprint density at radius 1 is 0.528 bits per heavy atom. The van der Waals surface area contributed by atoms with Crippen LogP contribution in [0, 0.1) is 0 Å². The molecule has 0 spiro atoms. The summed E-state index contributed by atoms with van der Waals surface area (Å²) in [5.41, 5.74) is -0.877. The molecule has 1 aromatic rings. The van der Waals surface area contributed by atoms with E-state index < -0.39 is 47.2 Å². The lowest BCUT2D eigenvalue weighted by Crippen LogP contribution is -2.15. The zero-order valence-electron chi connectivity index (χ0n) is 27.2. The van der Waals surface area contributed by atoms with Gasteiger partial charge in [0, 0.05) is 0 Å². The van der Waals surface area contributed by atoms with Crippen molar-refractivity contribution in [2.24, 2.45) is 0 Å². The smallest absolute Gasteiger partial charge is 0.339 e. The van der Waals surface area contributed by atoms with Crippen LogP contribution in [0.15, 0.2) is 24.2 Å². The Morgan fingerprint density at radius 3 is 1.11 bits per heavy atom. The van der Waals surface area contributed by atoms with Crippen LogP contribution in [-0.4, -0.2) is 25.2 Å². The molecule has 0 amide bonds. The summed E-state index contributed by atoms with van der Waals surface area (Å²) in [6.07, 6.45) is 22.9. The van der Waals surface area contributed by atoms with Crippen LogP contribution in [0.4, 0.5) is 0 Å². The minimum atomic E-state index is -0.909. The van der Waals surface area contributed by atoms with E-state index in [1.54, 1.807) is 0 Å². The first-order chi connectivity index (χ1) is 19.4. The molecule has 1 rings (SSSR count). The second-order valence-corrected chi connectivity index (χ2v) is 9.89. The Labute approximate surface area is 227 Å². The maximum atomic E-state index is 12.8. The molecule has 0 bridgehead atoms. The molecule has 0 saturated carbocycles. The molecule has 0 aliphatic carbocycles. The monoisotopic (exact) mass is 506 g/mol. The van der Waals surface area contributed by atoms with Gasteiger partial charge in [-0.05, 0) is 24.9 Å². The van der Waals surface area contributed by atoms with E-state index >= 15 is 0 Å². The van der Waals surface area contributed by atoms with Crippen molar-refractivity contribution in [2.75, 3.05) is 13.2 Å². The normalized spacial score (nSPS) is 12.5. The molecule has 0 atom stereocenters. The number of carbonyl (C=O) groups excluding carboxylic acids is 2.